The van der Waals surface area contributed by atoms with Crippen molar-refractivity contribution in [1.29, 1.82) is 0 Å². The van der Waals surface area contributed by atoms with Gasteiger partial charge in [-0.1, -0.05) is 37.9 Å². The molecule has 2 aromatic rings. The minimum atomic E-state index is -0.0115. The van der Waals surface area contributed by atoms with Crippen molar-refractivity contribution in [3.05, 3.63) is 24.5 Å². The molecule has 0 spiro atoms. The van der Waals surface area contributed by atoms with Crippen molar-refractivity contribution < 1.29 is 9.21 Å². The van der Waals surface area contributed by atoms with Gasteiger partial charge in [-0.2, -0.15) is 0 Å². The Morgan fingerprint density at radius 1 is 1.32 bits per heavy atom. The summed E-state index contributed by atoms with van der Waals surface area (Å²) in [6.07, 6.45) is 7.92. The number of rotatable bonds is 9. The second-order valence-corrected chi connectivity index (χ2v) is 5.74. The molecule has 0 bridgehead atoms. The number of nitrogens with one attached hydrogen (secondary N) is 1. The van der Waals surface area contributed by atoms with E-state index in [0.29, 0.717) is 11.1 Å². The molecule has 118 valence electrons. The summed E-state index contributed by atoms with van der Waals surface area (Å²) in [7, 11) is 0. The molecule has 2 aromatic heterocycles. The predicted octanol–water partition coefficient (Wildman–Crippen LogP) is 2.92. The molecule has 22 heavy (non-hydrogen) atoms. The minimum Gasteiger partial charge on any atom is -0.411 e. The average Bonchev–Trinajstić information content (AvgIpc) is 3.02. The number of amides is 1. The average molecular weight is 320 g/mol. The second kappa shape index (κ2) is 9.19. The summed E-state index contributed by atoms with van der Waals surface area (Å²) in [5.41, 5.74) is 0.766. The highest BCUT2D eigenvalue weighted by Crippen LogP contribution is 2.22. The molecule has 0 aliphatic heterocycles. The van der Waals surface area contributed by atoms with Crippen molar-refractivity contribution in [1.82, 2.24) is 20.5 Å². The van der Waals surface area contributed by atoms with E-state index in [4.69, 9.17) is 4.42 Å². The van der Waals surface area contributed by atoms with Crippen LogP contribution in [0, 0.1) is 0 Å². The van der Waals surface area contributed by atoms with E-state index in [9.17, 15) is 4.79 Å². The number of pyridine rings is 1. The van der Waals surface area contributed by atoms with Gasteiger partial charge < -0.3 is 9.73 Å². The highest BCUT2D eigenvalue weighted by molar-refractivity contribution is 7.99. The Balaban J connectivity index is 1.71. The first kappa shape index (κ1) is 16.5. The van der Waals surface area contributed by atoms with E-state index >= 15 is 0 Å². The van der Waals surface area contributed by atoms with Gasteiger partial charge in [0.2, 0.25) is 11.8 Å². The van der Waals surface area contributed by atoms with Gasteiger partial charge in [0.1, 0.15) is 0 Å². The molecule has 6 nitrogen and oxygen atoms in total. The van der Waals surface area contributed by atoms with Gasteiger partial charge in [-0.05, 0) is 18.6 Å². The molecule has 0 atom stereocenters. The smallest absolute Gasteiger partial charge is 0.277 e. The Kier molecular flexibility index (Phi) is 6.89. The van der Waals surface area contributed by atoms with Crippen LogP contribution in [0.1, 0.15) is 32.6 Å². The third-order valence-electron chi connectivity index (χ3n) is 2.99. The maximum atomic E-state index is 11.7. The lowest BCUT2D eigenvalue weighted by Gasteiger charge is -2.03. The lowest BCUT2D eigenvalue weighted by atomic mass is 10.2. The lowest BCUT2D eigenvalue weighted by Crippen LogP contribution is -2.26. The monoisotopic (exact) mass is 320 g/mol. The fraction of sp³-hybridized carbons (Fsp3) is 0.467. The molecule has 1 amide bonds. The first-order valence-electron chi connectivity index (χ1n) is 7.43. The van der Waals surface area contributed by atoms with E-state index in [1.807, 2.05) is 6.07 Å². The fourth-order valence-electron chi connectivity index (χ4n) is 1.83. The van der Waals surface area contributed by atoms with Crippen molar-refractivity contribution in [3.63, 3.8) is 0 Å². The first-order chi connectivity index (χ1) is 10.8. The Hall–Kier alpha value is -1.89. The highest BCUT2D eigenvalue weighted by Gasteiger charge is 2.10. The Morgan fingerprint density at radius 2 is 2.23 bits per heavy atom. The zero-order valence-corrected chi connectivity index (χ0v) is 13.4. The number of unbranched alkanes of at least 4 members (excludes halogenated alkanes) is 3. The molecule has 7 heteroatoms. The van der Waals surface area contributed by atoms with Gasteiger partial charge in [0, 0.05) is 18.9 Å². The molecule has 0 unspecified atom stereocenters. The fourth-order valence-corrected chi connectivity index (χ4v) is 2.42. The first-order valence-corrected chi connectivity index (χ1v) is 8.41. The van der Waals surface area contributed by atoms with E-state index in [2.05, 4.69) is 27.4 Å². The van der Waals surface area contributed by atoms with Crippen LogP contribution in [-0.4, -0.2) is 33.4 Å². The van der Waals surface area contributed by atoms with Gasteiger partial charge in [0.05, 0.1) is 11.3 Å². The van der Waals surface area contributed by atoms with Crippen molar-refractivity contribution in [2.75, 3.05) is 12.3 Å². The largest absolute Gasteiger partial charge is 0.411 e. The molecule has 0 aliphatic carbocycles. The van der Waals surface area contributed by atoms with Crippen LogP contribution in [0.5, 0.6) is 0 Å². The number of thioether (sulfide) groups is 1. The summed E-state index contributed by atoms with van der Waals surface area (Å²) in [6, 6.07) is 3.65. The number of aromatic nitrogens is 3. The Morgan fingerprint density at radius 3 is 3.00 bits per heavy atom. The number of hydrogen-bond donors (Lipinski definition) is 1. The Labute approximate surface area is 134 Å². The number of hydrogen-bond acceptors (Lipinski definition) is 6. The molecule has 2 rings (SSSR count). The van der Waals surface area contributed by atoms with Crippen molar-refractivity contribution in [2.24, 2.45) is 0 Å². The summed E-state index contributed by atoms with van der Waals surface area (Å²) in [4.78, 5) is 15.7. The minimum absolute atomic E-state index is 0.0115. The molecule has 0 radical (unpaired) electrons. The number of nitrogens with zero attached hydrogens (tertiary/aromatic N) is 3. The number of carbonyl (C=O) groups excluding carboxylic acids is 1. The predicted molar refractivity (Wildman–Crippen MR) is 85.4 cm³/mol. The normalized spacial score (nSPS) is 10.6. The SMILES string of the molecule is CCCCCCNC(=O)CSc1nnc(-c2cccnc2)o1. The van der Waals surface area contributed by atoms with E-state index in [-0.39, 0.29) is 11.7 Å². The Bertz CT molecular complexity index is 574. The maximum absolute atomic E-state index is 11.7. The molecule has 0 aliphatic rings. The van der Waals surface area contributed by atoms with Gasteiger partial charge in [-0.15, -0.1) is 10.2 Å². The van der Waals surface area contributed by atoms with E-state index < -0.39 is 0 Å². The molecule has 0 aromatic carbocycles. The van der Waals surface area contributed by atoms with Crippen LogP contribution in [0.2, 0.25) is 0 Å². The van der Waals surface area contributed by atoms with Gasteiger partial charge >= 0.3 is 0 Å². The maximum Gasteiger partial charge on any atom is 0.277 e. The molecular formula is C15H20N4O2S. The van der Waals surface area contributed by atoms with Gasteiger partial charge in [-0.3, -0.25) is 9.78 Å². The third-order valence-corrected chi connectivity index (χ3v) is 3.81. The van der Waals surface area contributed by atoms with Crippen molar-refractivity contribution in [3.8, 4) is 11.5 Å². The number of carbonyl (C=O) groups is 1. The molecule has 0 fully saturated rings. The molecular weight excluding hydrogens is 300 g/mol. The van der Waals surface area contributed by atoms with E-state index in [0.717, 1.165) is 24.9 Å². The highest BCUT2D eigenvalue weighted by atomic mass is 32.2. The van der Waals surface area contributed by atoms with Gasteiger partial charge in [0.15, 0.2) is 0 Å². The second-order valence-electron chi connectivity index (χ2n) is 4.81. The summed E-state index contributed by atoms with van der Waals surface area (Å²) in [5, 5.41) is 11.2. The van der Waals surface area contributed by atoms with Crippen molar-refractivity contribution >= 4 is 17.7 Å². The quantitative estimate of drug-likeness (QED) is 0.565. The van der Waals surface area contributed by atoms with Crippen LogP contribution in [-0.2, 0) is 4.79 Å². The molecule has 0 saturated heterocycles. The van der Waals surface area contributed by atoms with Crippen LogP contribution >= 0.6 is 11.8 Å². The van der Waals surface area contributed by atoms with Crippen LogP contribution < -0.4 is 5.32 Å². The summed E-state index contributed by atoms with van der Waals surface area (Å²) < 4.78 is 5.50. The van der Waals surface area contributed by atoms with Gasteiger partial charge in [0.25, 0.3) is 5.22 Å². The zero-order chi connectivity index (χ0) is 15.6. The van der Waals surface area contributed by atoms with Crippen LogP contribution in [0.3, 0.4) is 0 Å². The van der Waals surface area contributed by atoms with Crippen LogP contribution in [0.25, 0.3) is 11.5 Å². The van der Waals surface area contributed by atoms with E-state index in [1.54, 1.807) is 18.5 Å². The summed E-state index contributed by atoms with van der Waals surface area (Å²) in [6.45, 7) is 2.89. The summed E-state index contributed by atoms with van der Waals surface area (Å²) in [5.74, 6) is 0.681. The summed E-state index contributed by atoms with van der Waals surface area (Å²) >= 11 is 1.24. The molecule has 1 N–H and O–H groups in total. The zero-order valence-electron chi connectivity index (χ0n) is 12.6. The molecule has 2 heterocycles. The van der Waals surface area contributed by atoms with Crippen molar-refractivity contribution in [2.45, 2.75) is 37.8 Å². The topological polar surface area (TPSA) is 80.9 Å². The molecule has 0 saturated carbocycles. The van der Waals surface area contributed by atoms with Crippen LogP contribution in [0.4, 0.5) is 0 Å². The third kappa shape index (κ3) is 5.48. The standard InChI is InChI=1S/C15H20N4O2S/c1-2-3-4-5-9-17-13(20)11-22-15-19-18-14(21-15)12-7-6-8-16-10-12/h6-8,10H,2-5,9,11H2,1H3,(H,17,20). The van der Waals surface area contributed by atoms with E-state index in [1.165, 1.54) is 24.6 Å². The van der Waals surface area contributed by atoms with Gasteiger partial charge in [-0.25, -0.2) is 0 Å². The lowest BCUT2D eigenvalue weighted by molar-refractivity contribution is -0.118. The van der Waals surface area contributed by atoms with Crippen LogP contribution in [0.15, 0.2) is 34.2 Å².